The van der Waals surface area contributed by atoms with Gasteiger partial charge in [0.1, 0.15) is 17.5 Å². The van der Waals surface area contributed by atoms with Crippen LogP contribution in [0.1, 0.15) is 27.5 Å². The summed E-state index contributed by atoms with van der Waals surface area (Å²) in [5.74, 6) is -1.79. The number of ether oxygens (including phenoxy) is 1. The van der Waals surface area contributed by atoms with Crippen LogP contribution in [0.3, 0.4) is 0 Å². The summed E-state index contributed by atoms with van der Waals surface area (Å²) in [6, 6.07) is 15.6. The van der Waals surface area contributed by atoms with Crippen LogP contribution in [0.2, 0.25) is 10.0 Å². The Morgan fingerprint density at radius 3 is 2.39 bits per heavy atom. The Balaban J connectivity index is 1.69. The van der Waals surface area contributed by atoms with E-state index in [4.69, 9.17) is 27.9 Å². The number of hydrogen-bond acceptors (Lipinski definition) is 5. The summed E-state index contributed by atoms with van der Waals surface area (Å²) in [7, 11) is 0. The second-order valence-electron chi connectivity index (χ2n) is 7.02. The summed E-state index contributed by atoms with van der Waals surface area (Å²) >= 11 is 11.8. The van der Waals surface area contributed by atoms with E-state index in [0.717, 1.165) is 10.2 Å². The molecule has 156 valence electrons. The second-order valence-corrected chi connectivity index (χ2v) is 7.89. The molecule has 1 aliphatic rings. The fraction of sp³-hybridized carbons (Fsp3) is 0.182. The standard InChI is InChI=1S/C22H16Cl2N4O3/c1-12-19-20(13-2-4-14(23)5-3-13)17(10-25)22(30)26-21(19)28(27-12)18(29)11-31-16-8-6-15(24)7-9-16/h2-9,17,20H,11H2,1H3,(H,26,30). The Kier molecular flexibility index (Phi) is 5.68. The number of aromatic nitrogens is 2. The normalized spacial score (nSPS) is 17.4. The molecule has 0 bridgehead atoms. The summed E-state index contributed by atoms with van der Waals surface area (Å²) in [6.07, 6.45) is 0. The van der Waals surface area contributed by atoms with Gasteiger partial charge in [0, 0.05) is 21.5 Å². The average Bonchev–Trinajstić information content (AvgIpc) is 3.08. The highest BCUT2D eigenvalue weighted by molar-refractivity contribution is 6.30. The first-order chi connectivity index (χ1) is 14.9. The Morgan fingerprint density at radius 1 is 1.16 bits per heavy atom. The highest BCUT2D eigenvalue weighted by Gasteiger charge is 2.41. The van der Waals surface area contributed by atoms with Crippen molar-refractivity contribution in [3.63, 3.8) is 0 Å². The number of nitrogens with one attached hydrogen (secondary N) is 1. The minimum atomic E-state index is -0.967. The molecule has 0 saturated heterocycles. The number of halogens is 2. The molecule has 0 fully saturated rings. The zero-order chi connectivity index (χ0) is 22.1. The third kappa shape index (κ3) is 4.00. The van der Waals surface area contributed by atoms with Gasteiger partial charge in [-0.15, -0.1) is 0 Å². The van der Waals surface area contributed by atoms with Crippen molar-refractivity contribution in [3.8, 4) is 11.8 Å². The molecule has 2 unspecified atom stereocenters. The molecule has 1 aliphatic heterocycles. The van der Waals surface area contributed by atoms with Crippen molar-refractivity contribution in [2.75, 3.05) is 11.9 Å². The molecule has 7 nitrogen and oxygen atoms in total. The zero-order valence-corrected chi connectivity index (χ0v) is 17.8. The van der Waals surface area contributed by atoms with E-state index in [1.807, 2.05) is 0 Å². The smallest absolute Gasteiger partial charge is 0.286 e. The largest absolute Gasteiger partial charge is 0.484 e. The van der Waals surface area contributed by atoms with Gasteiger partial charge < -0.3 is 10.1 Å². The number of nitriles is 1. The first-order valence-electron chi connectivity index (χ1n) is 9.36. The van der Waals surface area contributed by atoms with Crippen molar-refractivity contribution in [2.45, 2.75) is 12.8 Å². The Bertz CT molecular complexity index is 1200. The molecule has 2 aromatic carbocycles. The van der Waals surface area contributed by atoms with Crippen molar-refractivity contribution < 1.29 is 14.3 Å². The average molecular weight is 455 g/mol. The number of fused-ring (bicyclic) bond motifs is 1. The Hall–Kier alpha value is -3.34. The van der Waals surface area contributed by atoms with E-state index >= 15 is 0 Å². The van der Waals surface area contributed by atoms with E-state index < -0.39 is 23.7 Å². The number of hydrogen-bond donors (Lipinski definition) is 1. The van der Waals surface area contributed by atoms with Crippen molar-refractivity contribution in [1.82, 2.24) is 9.78 Å². The topological polar surface area (TPSA) is 97.0 Å². The third-order valence-corrected chi connectivity index (χ3v) is 5.56. The molecule has 9 heteroatoms. The predicted octanol–water partition coefficient (Wildman–Crippen LogP) is 4.44. The van der Waals surface area contributed by atoms with Crippen molar-refractivity contribution in [1.29, 1.82) is 5.26 Å². The summed E-state index contributed by atoms with van der Waals surface area (Å²) in [5, 5.41) is 17.7. The first-order valence-corrected chi connectivity index (χ1v) is 10.1. The van der Waals surface area contributed by atoms with E-state index in [2.05, 4.69) is 16.5 Å². The van der Waals surface area contributed by atoms with Crippen LogP contribution in [0.25, 0.3) is 0 Å². The molecule has 0 radical (unpaired) electrons. The summed E-state index contributed by atoms with van der Waals surface area (Å²) in [4.78, 5) is 25.5. The Labute approximate surface area is 188 Å². The van der Waals surface area contributed by atoms with Crippen LogP contribution in [0.15, 0.2) is 48.5 Å². The van der Waals surface area contributed by atoms with Gasteiger partial charge in [0.15, 0.2) is 6.61 Å². The lowest BCUT2D eigenvalue weighted by Gasteiger charge is -2.28. The van der Waals surface area contributed by atoms with Gasteiger partial charge in [-0.1, -0.05) is 35.3 Å². The van der Waals surface area contributed by atoms with E-state index in [0.29, 0.717) is 27.1 Å². The zero-order valence-electron chi connectivity index (χ0n) is 16.3. The number of anilines is 1. The molecule has 1 N–H and O–H groups in total. The SMILES string of the molecule is Cc1nn(C(=O)COc2ccc(Cl)cc2)c2c1C(c1ccc(Cl)cc1)C(C#N)C(=O)N2. The highest BCUT2D eigenvalue weighted by Crippen LogP contribution is 2.42. The molecule has 2 heterocycles. The summed E-state index contributed by atoms with van der Waals surface area (Å²) in [6.45, 7) is 1.44. The first kappa shape index (κ1) is 20.9. The van der Waals surface area contributed by atoms with Crippen LogP contribution in [0, 0.1) is 24.2 Å². The lowest BCUT2D eigenvalue weighted by Crippen LogP contribution is -2.35. The molecular formula is C22H16Cl2N4O3. The molecule has 2 atom stereocenters. The van der Waals surface area contributed by atoms with Gasteiger partial charge >= 0.3 is 0 Å². The van der Waals surface area contributed by atoms with E-state index in [9.17, 15) is 14.9 Å². The van der Waals surface area contributed by atoms with E-state index in [1.165, 1.54) is 0 Å². The number of carbonyl (C=O) groups excluding carboxylic acids is 2. The predicted molar refractivity (Wildman–Crippen MR) is 116 cm³/mol. The number of carbonyl (C=O) groups is 2. The summed E-state index contributed by atoms with van der Waals surface area (Å²) < 4.78 is 6.64. The van der Waals surface area contributed by atoms with Crippen LogP contribution in [0.5, 0.6) is 5.75 Å². The highest BCUT2D eigenvalue weighted by atomic mass is 35.5. The van der Waals surface area contributed by atoms with E-state index in [-0.39, 0.29) is 12.4 Å². The molecule has 1 amide bonds. The number of nitrogens with zero attached hydrogens (tertiary/aromatic N) is 3. The molecular weight excluding hydrogens is 439 g/mol. The van der Waals surface area contributed by atoms with Crippen molar-refractivity contribution in [2.24, 2.45) is 5.92 Å². The van der Waals surface area contributed by atoms with Crippen molar-refractivity contribution >= 4 is 40.8 Å². The quantitative estimate of drug-likeness (QED) is 0.628. The Morgan fingerprint density at radius 2 is 1.77 bits per heavy atom. The number of amides is 1. The van der Waals surface area contributed by atoms with Gasteiger partial charge in [-0.3, -0.25) is 9.59 Å². The van der Waals surface area contributed by atoms with E-state index in [1.54, 1.807) is 55.5 Å². The minimum absolute atomic E-state index is 0.249. The van der Waals surface area contributed by atoms with Gasteiger partial charge in [-0.05, 0) is 48.9 Å². The minimum Gasteiger partial charge on any atom is -0.484 e. The maximum absolute atomic E-state index is 12.8. The summed E-state index contributed by atoms with van der Waals surface area (Å²) in [5.41, 5.74) is 1.89. The van der Waals surface area contributed by atoms with Crippen LogP contribution in [0.4, 0.5) is 5.82 Å². The molecule has 0 spiro atoms. The van der Waals surface area contributed by atoms with Crippen LogP contribution in [-0.4, -0.2) is 28.2 Å². The van der Waals surface area contributed by atoms with Crippen LogP contribution in [-0.2, 0) is 4.79 Å². The number of rotatable bonds is 4. The second kappa shape index (κ2) is 8.42. The molecule has 4 rings (SSSR count). The van der Waals surface area contributed by atoms with Gasteiger partial charge in [0.05, 0.1) is 11.8 Å². The van der Waals surface area contributed by atoms with Gasteiger partial charge in [-0.25, -0.2) is 0 Å². The maximum Gasteiger partial charge on any atom is 0.286 e. The molecule has 0 aliphatic carbocycles. The van der Waals surface area contributed by atoms with Gasteiger partial charge in [-0.2, -0.15) is 15.0 Å². The fourth-order valence-corrected chi connectivity index (χ4v) is 3.88. The van der Waals surface area contributed by atoms with Gasteiger partial charge in [0.2, 0.25) is 5.91 Å². The van der Waals surface area contributed by atoms with Crippen LogP contribution < -0.4 is 10.1 Å². The van der Waals surface area contributed by atoms with Crippen LogP contribution >= 0.6 is 23.2 Å². The molecule has 0 saturated carbocycles. The molecule has 3 aromatic rings. The molecule has 1 aromatic heterocycles. The van der Waals surface area contributed by atoms with Gasteiger partial charge in [0.25, 0.3) is 5.91 Å². The third-order valence-electron chi connectivity index (χ3n) is 5.06. The fourth-order valence-electron chi connectivity index (χ4n) is 3.62. The lowest BCUT2D eigenvalue weighted by molar-refractivity contribution is -0.119. The lowest BCUT2D eigenvalue weighted by atomic mass is 9.78. The maximum atomic E-state index is 12.8. The monoisotopic (exact) mass is 454 g/mol. The van der Waals surface area contributed by atoms with Crippen molar-refractivity contribution in [3.05, 3.63) is 75.4 Å². The number of benzene rings is 2. The molecule has 31 heavy (non-hydrogen) atoms. The number of aryl methyl sites for hydroxylation is 1.